The second kappa shape index (κ2) is 5.41. The van der Waals surface area contributed by atoms with Crippen LogP contribution in [-0.4, -0.2) is 57.8 Å². The molecule has 6 nitrogen and oxygen atoms in total. The summed E-state index contributed by atoms with van der Waals surface area (Å²) < 4.78 is 31.2. The number of fused-ring (bicyclic) bond motifs is 1. The van der Waals surface area contributed by atoms with Gasteiger partial charge in [-0.05, 0) is 23.8 Å². The average Bonchev–Trinajstić information content (AvgIpc) is 2.85. The topological polar surface area (TPSA) is 66.9 Å². The van der Waals surface area contributed by atoms with Crippen molar-refractivity contribution >= 4 is 15.9 Å². The van der Waals surface area contributed by atoms with E-state index in [0.717, 1.165) is 15.6 Å². The molecule has 0 aromatic heterocycles. The molecule has 1 aliphatic rings. The molecular formula is C13H18N2O4S. The molecule has 0 bridgehead atoms. The zero-order chi connectivity index (χ0) is 14.9. The van der Waals surface area contributed by atoms with Gasteiger partial charge in [0.15, 0.2) is 0 Å². The van der Waals surface area contributed by atoms with Gasteiger partial charge in [0.05, 0.1) is 18.0 Å². The number of carbonyl (C=O) groups excluding carboxylic acids is 1. The van der Waals surface area contributed by atoms with E-state index in [1.165, 1.54) is 18.0 Å². The fourth-order valence-electron chi connectivity index (χ4n) is 1.92. The van der Waals surface area contributed by atoms with E-state index in [4.69, 9.17) is 4.74 Å². The van der Waals surface area contributed by atoms with Crippen LogP contribution in [0.5, 0.6) is 5.75 Å². The van der Waals surface area contributed by atoms with Gasteiger partial charge in [-0.2, -0.15) is 4.31 Å². The second-order valence-corrected chi connectivity index (χ2v) is 6.96. The van der Waals surface area contributed by atoms with E-state index < -0.39 is 10.0 Å². The minimum absolute atomic E-state index is 0.178. The van der Waals surface area contributed by atoms with Crippen molar-refractivity contribution in [2.75, 3.05) is 34.3 Å². The van der Waals surface area contributed by atoms with Gasteiger partial charge in [0.1, 0.15) is 5.75 Å². The number of likely N-dealkylation sites (N-methyl/N-ethyl adjacent to an activating group) is 2. The molecule has 1 aromatic rings. The largest absolute Gasteiger partial charge is 0.493 e. The van der Waals surface area contributed by atoms with E-state index in [1.54, 1.807) is 26.2 Å². The van der Waals surface area contributed by atoms with Crippen molar-refractivity contribution in [1.29, 1.82) is 0 Å². The Morgan fingerprint density at radius 2 is 2.00 bits per heavy atom. The lowest BCUT2D eigenvalue weighted by atomic mass is 10.2. The highest BCUT2D eigenvalue weighted by atomic mass is 32.2. The lowest BCUT2D eigenvalue weighted by molar-refractivity contribution is -0.128. The van der Waals surface area contributed by atoms with Crippen LogP contribution in [0.1, 0.15) is 5.56 Å². The molecule has 110 valence electrons. The Balaban J connectivity index is 2.24. The molecule has 2 rings (SSSR count). The summed E-state index contributed by atoms with van der Waals surface area (Å²) in [6.07, 6.45) is 0.707. The third kappa shape index (κ3) is 2.78. The zero-order valence-corrected chi connectivity index (χ0v) is 12.6. The average molecular weight is 298 g/mol. The molecule has 0 unspecified atom stereocenters. The molecule has 0 fully saturated rings. The van der Waals surface area contributed by atoms with Crippen LogP contribution in [0, 0.1) is 0 Å². The molecule has 1 aliphatic heterocycles. The molecule has 1 heterocycles. The van der Waals surface area contributed by atoms with E-state index in [1.807, 2.05) is 0 Å². The molecule has 7 heteroatoms. The molecule has 20 heavy (non-hydrogen) atoms. The van der Waals surface area contributed by atoms with Gasteiger partial charge < -0.3 is 9.64 Å². The highest BCUT2D eigenvalue weighted by Crippen LogP contribution is 2.28. The summed E-state index contributed by atoms with van der Waals surface area (Å²) in [7, 11) is 0.930. The smallest absolute Gasteiger partial charge is 0.243 e. The molecule has 0 aliphatic carbocycles. The Labute approximate surface area is 119 Å². The Morgan fingerprint density at radius 1 is 1.30 bits per heavy atom. The molecule has 0 radical (unpaired) electrons. The summed E-state index contributed by atoms with van der Waals surface area (Å²) in [5, 5.41) is 0. The standard InChI is InChI=1S/C13H18N2O4S/c1-14(2)13(16)9-15(3)20(17,18)11-4-5-12-10(8-11)6-7-19-12/h4-5,8H,6-7,9H2,1-3H3. The molecule has 0 N–H and O–H groups in total. The van der Waals surface area contributed by atoms with Crippen molar-refractivity contribution in [1.82, 2.24) is 9.21 Å². The first kappa shape index (κ1) is 14.8. The summed E-state index contributed by atoms with van der Waals surface area (Å²) in [6, 6.07) is 4.79. The van der Waals surface area contributed by atoms with Crippen molar-refractivity contribution in [2.45, 2.75) is 11.3 Å². The van der Waals surface area contributed by atoms with Crippen LogP contribution in [0.3, 0.4) is 0 Å². The Morgan fingerprint density at radius 3 is 2.65 bits per heavy atom. The Hall–Kier alpha value is -1.60. The number of sulfonamides is 1. The van der Waals surface area contributed by atoms with Crippen molar-refractivity contribution in [3.05, 3.63) is 23.8 Å². The number of rotatable bonds is 4. The Kier molecular flexibility index (Phi) is 4.01. The van der Waals surface area contributed by atoms with Gasteiger partial charge in [-0.25, -0.2) is 8.42 Å². The maximum atomic E-state index is 12.4. The minimum Gasteiger partial charge on any atom is -0.493 e. The fraction of sp³-hybridized carbons (Fsp3) is 0.462. The van der Waals surface area contributed by atoms with Crippen molar-refractivity contribution in [2.24, 2.45) is 0 Å². The number of carbonyl (C=O) groups is 1. The Bertz CT molecular complexity index is 625. The summed E-state index contributed by atoms with van der Waals surface area (Å²) in [6.45, 7) is 0.400. The van der Waals surface area contributed by atoms with Gasteiger partial charge in [0.2, 0.25) is 15.9 Å². The van der Waals surface area contributed by atoms with Gasteiger partial charge in [-0.15, -0.1) is 0 Å². The molecule has 0 atom stereocenters. The molecule has 1 aromatic carbocycles. The molecule has 0 saturated carbocycles. The number of ether oxygens (including phenoxy) is 1. The normalized spacial score (nSPS) is 14.0. The van der Waals surface area contributed by atoms with E-state index in [2.05, 4.69) is 0 Å². The molecular weight excluding hydrogens is 280 g/mol. The van der Waals surface area contributed by atoms with Crippen LogP contribution in [-0.2, 0) is 21.2 Å². The highest BCUT2D eigenvalue weighted by Gasteiger charge is 2.25. The maximum Gasteiger partial charge on any atom is 0.243 e. The van der Waals surface area contributed by atoms with Crippen LogP contribution in [0.25, 0.3) is 0 Å². The first-order valence-corrected chi connectivity index (χ1v) is 7.68. The van der Waals surface area contributed by atoms with Crippen molar-refractivity contribution < 1.29 is 17.9 Å². The quantitative estimate of drug-likeness (QED) is 0.803. The number of amides is 1. The first-order valence-electron chi connectivity index (χ1n) is 6.24. The minimum atomic E-state index is -3.66. The van der Waals surface area contributed by atoms with Gasteiger partial charge in [0.25, 0.3) is 0 Å². The maximum absolute atomic E-state index is 12.4. The van der Waals surface area contributed by atoms with Gasteiger partial charge in [0, 0.05) is 27.6 Å². The van der Waals surface area contributed by atoms with E-state index in [9.17, 15) is 13.2 Å². The van der Waals surface area contributed by atoms with Crippen molar-refractivity contribution in [3.63, 3.8) is 0 Å². The SMILES string of the molecule is CN(C)C(=O)CN(C)S(=O)(=O)c1ccc2c(c1)CCO2. The molecule has 0 saturated heterocycles. The predicted molar refractivity (Wildman–Crippen MR) is 74.2 cm³/mol. The first-order chi connectivity index (χ1) is 9.32. The van der Waals surface area contributed by atoms with Gasteiger partial charge in [-0.1, -0.05) is 0 Å². The highest BCUT2D eigenvalue weighted by molar-refractivity contribution is 7.89. The molecule has 0 spiro atoms. The van der Waals surface area contributed by atoms with Gasteiger partial charge in [-0.3, -0.25) is 4.79 Å². The van der Waals surface area contributed by atoms with Gasteiger partial charge >= 0.3 is 0 Å². The predicted octanol–water partition coefficient (Wildman–Crippen LogP) is 0.330. The van der Waals surface area contributed by atoms with Crippen LogP contribution >= 0.6 is 0 Å². The summed E-state index contributed by atoms with van der Waals surface area (Å²) in [5.41, 5.74) is 0.887. The van der Waals surface area contributed by atoms with E-state index >= 15 is 0 Å². The van der Waals surface area contributed by atoms with Crippen LogP contribution in [0.2, 0.25) is 0 Å². The monoisotopic (exact) mass is 298 g/mol. The summed E-state index contributed by atoms with van der Waals surface area (Å²) in [4.78, 5) is 13.2. The number of hydrogen-bond acceptors (Lipinski definition) is 4. The van der Waals surface area contributed by atoms with E-state index in [-0.39, 0.29) is 17.3 Å². The zero-order valence-electron chi connectivity index (χ0n) is 11.8. The van der Waals surface area contributed by atoms with Crippen molar-refractivity contribution in [3.8, 4) is 5.75 Å². The number of benzene rings is 1. The summed E-state index contributed by atoms with van der Waals surface area (Å²) in [5.74, 6) is 0.469. The van der Waals surface area contributed by atoms with E-state index in [0.29, 0.717) is 13.0 Å². The molecule has 1 amide bonds. The third-order valence-corrected chi connectivity index (χ3v) is 5.03. The third-order valence-electron chi connectivity index (χ3n) is 3.23. The lowest BCUT2D eigenvalue weighted by Gasteiger charge is -2.19. The van der Waals surface area contributed by atoms with Crippen LogP contribution in [0.15, 0.2) is 23.1 Å². The second-order valence-electron chi connectivity index (χ2n) is 4.92. The number of hydrogen-bond donors (Lipinski definition) is 0. The number of nitrogens with zero attached hydrogens (tertiary/aromatic N) is 2. The summed E-state index contributed by atoms with van der Waals surface area (Å²) >= 11 is 0. The lowest BCUT2D eigenvalue weighted by Crippen LogP contribution is -2.37. The van der Waals surface area contributed by atoms with Crippen LogP contribution < -0.4 is 4.74 Å². The van der Waals surface area contributed by atoms with Crippen LogP contribution in [0.4, 0.5) is 0 Å². The fourth-order valence-corrected chi connectivity index (χ4v) is 3.09.